The van der Waals surface area contributed by atoms with Crippen molar-refractivity contribution in [2.24, 2.45) is 0 Å². The molecule has 21 heavy (non-hydrogen) atoms. The molecule has 0 spiro atoms. The molecule has 0 bridgehead atoms. The molecule has 0 saturated heterocycles. The summed E-state index contributed by atoms with van der Waals surface area (Å²) in [6.45, 7) is 0. The standard InChI is InChI=1S/C17H15.3ClH.Ti/c1-2-6-14(7-3-1)10-11-16-13-12-15-8-4-5-9-17(15)16;;;;/h1-9,12-13H,10-11H2;3*1H;/q;;;;+3/p-3. The van der Waals surface area contributed by atoms with Crippen molar-refractivity contribution in [1.82, 2.24) is 0 Å². The Labute approximate surface area is 144 Å². The van der Waals surface area contributed by atoms with Crippen molar-refractivity contribution >= 4 is 27.9 Å². The van der Waals surface area contributed by atoms with Gasteiger partial charge in [-0.2, -0.15) is 0 Å². The monoisotopic (exact) mass is 372 g/mol. The van der Waals surface area contributed by atoms with Crippen molar-refractivity contribution in [1.29, 1.82) is 0 Å². The maximum atomic E-state index is 4.97. The van der Waals surface area contributed by atoms with Gasteiger partial charge in [0, 0.05) is 5.92 Å². The summed E-state index contributed by atoms with van der Waals surface area (Å²) < 4.78 is 0. The van der Waals surface area contributed by atoms with Gasteiger partial charge in [-0.1, -0.05) is 66.8 Å². The van der Waals surface area contributed by atoms with Crippen molar-refractivity contribution < 1.29 is 14.7 Å². The van der Waals surface area contributed by atoms with Gasteiger partial charge in [-0.3, -0.25) is 0 Å². The van der Waals surface area contributed by atoms with Gasteiger partial charge in [0.25, 0.3) is 0 Å². The Morgan fingerprint density at radius 2 is 1.43 bits per heavy atom. The van der Waals surface area contributed by atoms with E-state index in [-0.39, 0.29) is 0 Å². The Morgan fingerprint density at radius 3 is 2.14 bits per heavy atom. The molecule has 0 fully saturated rings. The van der Waals surface area contributed by atoms with Gasteiger partial charge in [-0.15, -0.1) is 0 Å². The van der Waals surface area contributed by atoms with E-state index in [0.717, 1.165) is 12.8 Å². The van der Waals surface area contributed by atoms with E-state index >= 15 is 0 Å². The number of hydrogen-bond donors (Lipinski definition) is 0. The zero-order valence-corrected chi connectivity index (χ0v) is 15.2. The van der Waals surface area contributed by atoms with Crippen LogP contribution in [0, 0.1) is 5.92 Å². The first-order valence-corrected chi connectivity index (χ1v) is 13.1. The zero-order chi connectivity index (χ0) is 15.1. The number of hydrogen-bond acceptors (Lipinski definition) is 0. The molecule has 0 unspecified atom stereocenters. The molecular formula is C17H15Cl3Ti. The van der Waals surface area contributed by atoms with Crippen molar-refractivity contribution in [3.8, 4) is 0 Å². The molecule has 0 nitrogen and oxygen atoms in total. The van der Waals surface area contributed by atoms with E-state index in [1.807, 2.05) is 0 Å². The second kappa shape index (κ2) is 9.03. The molecule has 4 heteroatoms. The van der Waals surface area contributed by atoms with Crippen LogP contribution in [0.25, 0.3) is 0 Å². The second-order valence-corrected chi connectivity index (χ2v) is 12.4. The van der Waals surface area contributed by atoms with Crippen molar-refractivity contribution in [3.05, 3.63) is 89.4 Å². The summed E-state index contributed by atoms with van der Waals surface area (Å²) >= 11 is -1.92. The van der Waals surface area contributed by atoms with Gasteiger partial charge in [0.05, 0.1) is 0 Å². The Hall–Kier alpha value is -0.236. The summed E-state index contributed by atoms with van der Waals surface area (Å²) in [5, 5.41) is 0. The third-order valence-electron chi connectivity index (χ3n) is 3.30. The van der Waals surface area contributed by atoms with Crippen LogP contribution in [0.15, 0.2) is 77.9 Å². The molecule has 0 saturated carbocycles. The van der Waals surface area contributed by atoms with E-state index in [4.69, 9.17) is 27.9 Å². The number of halogens is 3. The van der Waals surface area contributed by atoms with Crippen LogP contribution < -0.4 is 0 Å². The van der Waals surface area contributed by atoms with Gasteiger partial charge in [-0.05, 0) is 29.6 Å². The molecule has 0 amide bonds. The molecule has 2 aliphatic rings. The molecule has 3 rings (SSSR count). The number of allylic oxidation sites excluding steroid dienone is 8. The Bertz CT molecular complexity index is 568. The van der Waals surface area contributed by atoms with Gasteiger partial charge in [0.2, 0.25) is 0 Å². The fraction of sp³-hybridized carbons (Fsp3) is 0.118. The first-order chi connectivity index (χ1) is 10.2. The summed E-state index contributed by atoms with van der Waals surface area (Å²) in [6.07, 6.45) is 15.3. The fourth-order valence-electron chi connectivity index (χ4n) is 2.36. The van der Waals surface area contributed by atoms with Crippen molar-refractivity contribution in [2.45, 2.75) is 12.8 Å². The number of rotatable bonds is 3. The third-order valence-corrected chi connectivity index (χ3v) is 3.30. The van der Waals surface area contributed by atoms with E-state index < -0.39 is 14.7 Å². The van der Waals surface area contributed by atoms with Crippen LogP contribution in [-0.2, 0) is 21.1 Å². The Balaban J connectivity index is 0.000000361. The average Bonchev–Trinajstić information content (AvgIpc) is 2.89. The molecule has 0 atom stereocenters. The van der Waals surface area contributed by atoms with E-state index in [0.29, 0.717) is 0 Å². The van der Waals surface area contributed by atoms with Gasteiger partial charge in [-0.25, -0.2) is 0 Å². The van der Waals surface area contributed by atoms with Crippen LogP contribution in [0.4, 0.5) is 0 Å². The first kappa shape index (κ1) is 17.1. The second-order valence-electron chi connectivity index (χ2n) is 4.65. The van der Waals surface area contributed by atoms with Crippen LogP contribution >= 0.6 is 27.9 Å². The normalized spacial score (nSPS) is 15.8. The summed E-state index contributed by atoms with van der Waals surface area (Å²) in [4.78, 5) is 0. The van der Waals surface area contributed by atoms with Gasteiger partial charge < -0.3 is 0 Å². The van der Waals surface area contributed by atoms with E-state index in [1.165, 1.54) is 22.6 Å². The molecule has 1 aromatic rings. The number of fused-ring (bicyclic) bond motifs is 1. The molecule has 0 aromatic heterocycles. The number of benzene rings is 1. The summed E-state index contributed by atoms with van der Waals surface area (Å²) in [5.41, 5.74) is 4.28. The van der Waals surface area contributed by atoms with E-state index in [1.54, 1.807) is 0 Å². The SMILES string of the molecule is C1=C[C]2C=CC(CCc3ccccc3)=C2C=C1.[Cl][Ti]([Cl])[Cl]. The minimum absolute atomic E-state index is 1.12. The average molecular weight is 374 g/mol. The topological polar surface area (TPSA) is 0 Å². The van der Waals surface area contributed by atoms with Crippen LogP contribution in [0.2, 0.25) is 0 Å². The van der Waals surface area contributed by atoms with E-state index in [9.17, 15) is 0 Å². The molecular weight excluding hydrogens is 358 g/mol. The molecule has 0 heterocycles. The maximum absolute atomic E-state index is 4.97. The molecule has 108 valence electrons. The minimum atomic E-state index is -1.92. The Kier molecular flexibility index (Phi) is 7.36. The van der Waals surface area contributed by atoms with Crippen LogP contribution in [0.3, 0.4) is 0 Å². The van der Waals surface area contributed by atoms with Gasteiger partial charge in [0.15, 0.2) is 0 Å². The predicted molar refractivity (Wildman–Crippen MR) is 90.0 cm³/mol. The summed E-state index contributed by atoms with van der Waals surface area (Å²) in [6, 6.07) is 10.7. The molecule has 0 aliphatic heterocycles. The molecule has 1 aromatic carbocycles. The molecule has 2 aliphatic carbocycles. The molecule has 0 N–H and O–H groups in total. The van der Waals surface area contributed by atoms with Crippen LogP contribution in [-0.4, -0.2) is 0 Å². The first-order valence-electron chi connectivity index (χ1n) is 6.67. The van der Waals surface area contributed by atoms with Gasteiger partial charge in [0.1, 0.15) is 0 Å². The Morgan fingerprint density at radius 1 is 0.762 bits per heavy atom. The van der Waals surface area contributed by atoms with Crippen molar-refractivity contribution in [2.75, 3.05) is 0 Å². The van der Waals surface area contributed by atoms with Gasteiger partial charge >= 0.3 is 42.6 Å². The van der Waals surface area contributed by atoms with Crippen LogP contribution in [0.1, 0.15) is 12.0 Å². The van der Waals surface area contributed by atoms with Crippen molar-refractivity contribution in [3.63, 3.8) is 0 Å². The zero-order valence-electron chi connectivity index (χ0n) is 11.4. The van der Waals surface area contributed by atoms with Crippen LogP contribution in [0.5, 0.6) is 0 Å². The quantitative estimate of drug-likeness (QED) is 0.549. The predicted octanol–water partition coefficient (Wildman–Crippen LogP) is 6.25. The third kappa shape index (κ3) is 5.81. The molecule has 1 radical (unpaired) electrons. The number of aryl methyl sites for hydroxylation is 1. The fourth-order valence-corrected chi connectivity index (χ4v) is 2.36. The van der Waals surface area contributed by atoms with E-state index in [2.05, 4.69) is 66.8 Å². The summed E-state index contributed by atoms with van der Waals surface area (Å²) in [7, 11) is 14.9. The summed E-state index contributed by atoms with van der Waals surface area (Å²) in [5.74, 6) is 1.36.